The van der Waals surface area contributed by atoms with Crippen molar-refractivity contribution in [2.75, 3.05) is 0 Å². The van der Waals surface area contributed by atoms with Crippen molar-refractivity contribution in [3.05, 3.63) is 22.5 Å². The molecule has 1 heterocycles. The second kappa shape index (κ2) is 6.08. The van der Waals surface area contributed by atoms with Gasteiger partial charge < -0.3 is 9.84 Å². The fraction of sp³-hybridized carbons (Fsp3) is 0.720. The minimum Gasteiger partial charge on any atom is -0.489 e. The summed E-state index contributed by atoms with van der Waals surface area (Å²) in [6.07, 6.45) is 3.92. The van der Waals surface area contributed by atoms with E-state index in [9.17, 15) is 19.5 Å². The van der Waals surface area contributed by atoms with Crippen LogP contribution in [-0.2, 0) is 19.1 Å². The summed E-state index contributed by atoms with van der Waals surface area (Å²) in [6.45, 7) is 14.2. The molecular formula is C25H34O5. The molecule has 0 bridgehead atoms. The Hall–Kier alpha value is -1.91. The van der Waals surface area contributed by atoms with E-state index in [4.69, 9.17) is 4.74 Å². The maximum Gasteiger partial charge on any atom is 0.339 e. The normalized spacial score (nSPS) is 42.9. The summed E-state index contributed by atoms with van der Waals surface area (Å²) in [5.74, 6) is -0.172. The fourth-order valence-corrected chi connectivity index (χ4v) is 7.58. The van der Waals surface area contributed by atoms with E-state index >= 15 is 0 Å². The molecule has 164 valence electrons. The summed E-state index contributed by atoms with van der Waals surface area (Å²) in [4.78, 5) is 37.6. The van der Waals surface area contributed by atoms with Gasteiger partial charge in [-0.1, -0.05) is 27.7 Å². The zero-order chi connectivity index (χ0) is 22.4. The molecule has 1 N–H and O–H groups in total. The summed E-state index contributed by atoms with van der Waals surface area (Å²) < 4.78 is 6.91. The van der Waals surface area contributed by atoms with Gasteiger partial charge in [0.25, 0.3) is 0 Å². The van der Waals surface area contributed by atoms with Crippen LogP contribution < -0.4 is 0 Å². The molecule has 0 aromatic rings. The molecule has 0 aromatic carbocycles. The highest BCUT2D eigenvalue weighted by Gasteiger charge is 2.70. The molecule has 4 rings (SSSR count). The van der Waals surface area contributed by atoms with Gasteiger partial charge in [0.1, 0.15) is 22.7 Å². The molecule has 5 heteroatoms. The van der Waals surface area contributed by atoms with E-state index in [1.807, 2.05) is 6.92 Å². The highest BCUT2D eigenvalue weighted by atomic mass is 16.5. The third-order valence-electron chi connectivity index (χ3n) is 9.61. The lowest BCUT2D eigenvalue weighted by Gasteiger charge is -2.62. The first kappa shape index (κ1) is 21.3. The number of carbonyl (C=O) groups excluding carboxylic acids is 2. The molecule has 4 aliphatic rings. The van der Waals surface area contributed by atoms with E-state index < -0.39 is 28.2 Å². The van der Waals surface area contributed by atoms with Gasteiger partial charge >= 0.3 is 5.97 Å². The number of aliphatic carboxylic acids is 1. The quantitative estimate of drug-likeness (QED) is 0.620. The van der Waals surface area contributed by atoms with Crippen molar-refractivity contribution in [3.63, 3.8) is 0 Å². The van der Waals surface area contributed by atoms with Crippen LogP contribution in [0.2, 0.25) is 0 Å². The van der Waals surface area contributed by atoms with E-state index in [0.717, 1.165) is 19.3 Å². The second-order valence-electron chi connectivity index (χ2n) is 11.2. The SMILES string of the molecule is CC1=C2O[C@@]3(C[C@]2(C)C(C)=C(C(=O)O)C1=O)[C@@H](C)CC[C@H]1C(C)(C)C(=O)CC[C@@]13C. The van der Waals surface area contributed by atoms with Gasteiger partial charge in [-0.05, 0) is 57.4 Å². The molecule has 0 amide bonds. The summed E-state index contributed by atoms with van der Waals surface area (Å²) in [7, 11) is 0. The number of hydrogen-bond donors (Lipinski definition) is 1. The van der Waals surface area contributed by atoms with Crippen LogP contribution in [0.5, 0.6) is 0 Å². The van der Waals surface area contributed by atoms with E-state index in [-0.39, 0.29) is 22.8 Å². The van der Waals surface area contributed by atoms with Crippen molar-refractivity contribution in [1.29, 1.82) is 0 Å². The Morgan fingerprint density at radius 1 is 1.10 bits per heavy atom. The summed E-state index contributed by atoms with van der Waals surface area (Å²) in [6, 6.07) is 0. The fourth-order valence-electron chi connectivity index (χ4n) is 7.58. The van der Waals surface area contributed by atoms with E-state index in [1.54, 1.807) is 13.8 Å². The maximum atomic E-state index is 12.9. The largest absolute Gasteiger partial charge is 0.489 e. The number of carbonyl (C=O) groups is 3. The first-order chi connectivity index (χ1) is 13.7. The van der Waals surface area contributed by atoms with Crippen molar-refractivity contribution >= 4 is 17.5 Å². The number of hydrogen-bond acceptors (Lipinski definition) is 4. The monoisotopic (exact) mass is 414 g/mol. The van der Waals surface area contributed by atoms with Crippen LogP contribution in [0.25, 0.3) is 0 Å². The molecule has 0 unspecified atom stereocenters. The van der Waals surface area contributed by atoms with Crippen LogP contribution in [-0.4, -0.2) is 28.2 Å². The average Bonchev–Trinajstić information content (AvgIpc) is 2.98. The van der Waals surface area contributed by atoms with Gasteiger partial charge in [0.2, 0.25) is 0 Å². The van der Waals surface area contributed by atoms with Gasteiger partial charge in [-0.2, -0.15) is 0 Å². The molecule has 1 spiro atoms. The topological polar surface area (TPSA) is 80.7 Å². The molecule has 2 saturated carbocycles. The van der Waals surface area contributed by atoms with Crippen LogP contribution in [0.3, 0.4) is 0 Å². The average molecular weight is 415 g/mol. The zero-order valence-electron chi connectivity index (χ0n) is 19.3. The van der Waals surface area contributed by atoms with Crippen LogP contribution in [0.15, 0.2) is 22.5 Å². The van der Waals surface area contributed by atoms with Crippen LogP contribution in [0, 0.1) is 28.1 Å². The molecule has 0 aromatic heterocycles. The Labute approximate surface area is 178 Å². The van der Waals surface area contributed by atoms with Crippen molar-refractivity contribution in [1.82, 2.24) is 0 Å². The van der Waals surface area contributed by atoms with Crippen LogP contribution in [0.1, 0.15) is 80.6 Å². The highest BCUT2D eigenvalue weighted by molar-refractivity contribution is 6.25. The Kier molecular flexibility index (Phi) is 4.32. The van der Waals surface area contributed by atoms with Gasteiger partial charge in [0.05, 0.1) is 5.41 Å². The molecule has 1 aliphatic heterocycles. The lowest BCUT2D eigenvalue weighted by atomic mass is 9.43. The maximum absolute atomic E-state index is 12.9. The standard InChI is InChI=1S/C25H34O5/c1-13-8-9-16-22(4,5)17(26)10-11-24(16,7)25(13)12-23(6)15(3)18(21(28)29)19(27)14(2)20(23)30-25/h13,16H,8-12H2,1-7H3,(H,28,29)/t13-,16-,23+,24-,25-/m0/s1. The Balaban J connectivity index is 1.92. The number of ether oxygens (including phenoxy) is 1. The predicted octanol–water partition coefficient (Wildman–Crippen LogP) is 4.85. The van der Waals surface area contributed by atoms with Crippen LogP contribution >= 0.6 is 0 Å². The van der Waals surface area contributed by atoms with Crippen molar-refractivity contribution in [3.8, 4) is 0 Å². The molecule has 0 radical (unpaired) electrons. The lowest BCUT2D eigenvalue weighted by molar-refractivity contribution is -0.202. The molecule has 3 fully saturated rings. The highest BCUT2D eigenvalue weighted by Crippen LogP contribution is 2.70. The first-order valence-electron chi connectivity index (χ1n) is 11.2. The number of Topliss-reactive ketones (excluding diaryl/α,β-unsaturated/α-hetero) is 2. The summed E-state index contributed by atoms with van der Waals surface area (Å²) >= 11 is 0. The summed E-state index contributed by atoms with van der Waals surface area (Å²) in [5, 5.41) is 9.74. The zero-order valence-corrected chi connectivity index (χ0v) is 19.3. The number of ketones is 2. The van der Waals surface area contributed by atoms with Crippen molar-refractivity contribution < 1.29 is 24.2 Å². The Morgan fingerprint density at radius 2 is 1.73 bits per heavy atom. The van der Waals surface area contributed by atoms with E-state index in [1.165, 1.54) is 0 Å². The minimum absolute atomic E-state index is 0.108. The number of fused-ring (bicyclic) bond motifs is 3. The van der Waals surface area contributed by atoms with Gasteiger partial charge in [-0.15, -0.1) is 0 Å². The third kappa shape index (κ3) is 2.27. The molecule has 3 aliphatic carbocycles. The van der Waals surface area contributed by atoms with Crippen molar-refractivity contribution in [2.24, 2.45) is 28.1 Å². The van der Waals surface area contributed by atoms with Gasteiger partial charge in [-0.3, -0.25) is 9.59 Å². The minimum atomic E-state index is -1.16. The first-order valence-corrected chi connectivity index (χ1v) is 11.2. The number of carboxylic acid groups (broad SMARTS) is 1. The van der Waals surface area contributed by atoms with Gasteiger partial charge in [0, 0.05) is 29.2 Å². The van der Waals surface area contributed by atoms with E-state index in [2.05, 4.69) is 27.7 Å². The predicted molar refractivity (Wildman–Crippen MR) is 113 cm³/mol. The lowest BCUT2D eigenvalue weighted by Crippen LogP contribution is -2.64. The van der Waals surface area contributed by atoms with E-state index in [0.29, 0.717) is 35.5 Å². The van der Waals surface area contributed by atoms with Gasteiger partial charge in [0.15, 0.2) is 5.78 Å². The molecule has 30 heavy (non-hydrogen) atoms. The molecule has 5 atom stereocenters. The third-order valence-corrected chi connectivity index (χ3v) is 9.61. The molecule has 1 saturated heterocycles. The number of carboxylic acids is 1. The Morgan fingerprint density at radius 3 is 2.33 bits per heavy atom. The number of rotatable bonds is 1. The second-order valence-corrected chi connectivity index (χ2v) is 11.2. The number of allylic oxidation sites excluding steroid dienone is 2. The Bertz CT molecular complexity index is 937. The van der Waals surface area contributed by atoms with Gasteiger partial charge in [-0.25, -0.2) is 4.79 Å². The smallest absolute Gasteiger partial charge is 0.339 e. The van der Waals surface area contributed by atoms with Crippen LogP contribution in [0.4, 0.5) is 0 Å². The molecule has 5 nitrogen and oxygen atoms in total. The van der Waals surface area contributed by atoms with Crippen molar-refractivity contribution in [2.45, 2.75) is 86.2 Å². The summed E-state index contributed by atoms with van der Waals surface area (Å²) in [5.41, 5.74) is -0.853. The molecular weight excluding hydrogens is 380 g/mol.